The molecule has 0 radical (unpaired) electrons. The number of furan rings is 1. The van der Waals surface area contributed by atoms with Crippen molar-refractivity contribution < 1.29 is 9.21 Å². The van der Waals surface area contributed by atoms with E-state index in [1.54, 1.807) is 12.1 Å². The number of hydrogen-bond acceptors (Lipinski definition) is 3. The Bertz CT molecular complexity index is 668. The third-order valence-electron chi connectivity index (χ3n) is 3.17. The Morgan fingerprint density at radius 2 is 1.95 bits per heavy atom. The number of anilines is 2. The zero-order chi connectivity index (χ0) is 14.9. The molecule has 0 aliphatic carbocycles. The van der Waals surface area contributed by atoms with Crippen LogP contribution >= 0.6 is 28.3 Å². The van der Waals surface area contributed by atoms with Crippen molar-refractivity contribution in [2.24, 2.45) is 0 Å². The highest BCUT2D eigenvalue weighted by Crippen LogP contribution is 2.28. The minimum Gasteiger partial charge on any atom is -0.456 e. The van der Waals surface area contributed by atoms with Crippen molar-refractivity contribution in [1.29, 1.82) is 0 Å². The van der Waals surface area contributed by atoms with Gasteiger partial charge in [-0.15, -0.1) is 12.4 Å². The molecule has 0 aliphatic rings. The largest absolute Gasteiger partial charge is 0.456 e. The molecule has 0 fully saturated rings. The van der Waals surface area contributed by atoms with Crippen LogP contribution in [0, 0.1) is 13.8 Å². The van der Waals surface area contributed by atoms with E-state index in [0.717, 1.165) is 27.8 Å². The third kappa shape index (κ3) is 3.80. The normalized spacial score (nSPS) is 10.1. The number of hydrogen-bond donors (Lipinski definition) is 2. The van der Waals surface area contributed by atoms with Crippen molar-refractivity contribution in [3.63, 3.8) is 0 Å². The third-order valence-corrected chi connectivity index (χ3v) is 3.62. The number of nitrogens with two attached hydrogens (primary N) is 1. The lowest BCUT2D eigenvalue weighted by Gasteiger charge is -2.10. The molecule has 4 nitrogen and oxygen atoms in total. The van der Waals surface area contributed by atoms with E-state index in [0.29, 0.717) is 17.1 Å². The molecule has 21 heavy (non-hydrogen) atoms. The van der Waals surface area contributed by atoms with Crippen LogP contribution < -0.4 is 11.1 Å². The summed E-state index contributed by atoms with van der Waals surface area (Å²) in [6.07, 6.45) is 0.761. The van der Waals surface area contributed by atoms with Crippen molar-refractivity contribution >= 4 is 45.6 Å². The summed E-state index contributed by atoms with van der Waals surface area (Å²) in [6.45, 7) is 5.81. The smallest absolute Gasteiger partial charge is 0.291 e. The number of carbonyl (C=O) groups is 1. The molecule has 0 unspecified atom stereocenters. The maximum atomic E-state index is 12.2. The second-order valence-electron chi connectivity index (χ2n) is 4.71. The van der Waals surface area contributed by atoms with Crippen LogP contribution in [0.4, 0.5) is 11.4 Å². The molecule has 0 atom stereocenters. The summed E-state index contributed by atoms with van der Waals surface area (Å²) in [4.78, 5) is 12.2. The standard InChI is InChI=1S/C15H17BrN2O2.ClH/c1-4-12-8(2)6-13(20-12)15(19)18-11-7-10(16)5-9(3)14(11)17;/h5-7H,4,17H2,1-3H3,(H,18,19);1H. The van der Waals surface area contributed by atoms with Crippen LogP contribution in [0.25, 0.3) is 0 Å². The van der Waals surface area contributed by atoms with Crippen LogP contribution in [0.15, 0.2) is 27.1 Å². The Kier molecular flexibility index (Phi) is 5.87. The van der Waals surface area contributed by atoms with Crippen LogP contribution in [-0.2, 0) is 6.42 Å². The SMILES string of the molecule is CCc1oc(C(=O)Nc2cc(Br)cc(C)c2N)cc1C.Cl. The second-order valence-corrected chi connectivity index (χ2v) is 5.62. The summed E-state index contributed by atoms with van der Waals surface area (Å²) in [5.41, 5.74) is 8.99. The number of nitrogens with one attached hydrogen (secondary N) is 1. The van der Waals surface area contributed by atoms with Crippen molar-refractivity contribution in [3.05, 3.63) is 45.3 Å². The van der Waals surface area contributed by atoms with E-state index in [2.05, 4.69) is 21.2 Å². The molecule has 0 spiro atoms. The number of aryl methyl sites for hydroxylation is 3. The van der Waals surface area contributed by atoms with Gasteiger partial charge in [-0.2, -0.15) is 0 Å². The molecular formula is C15H18BrClN2O2. The number of carbonyl (C=O) groups excluding carboxylic acids is 1. The Balaban J connectivity index is 0.00000220. The van der Waals surface area contributed by atoms with Gasteiger partial charge in [0.1, 0.15) is 5.76 Å². The van der Waals surface area contributed by atoms with E-state index in [9.17, 15) is 4.79 Å². The fourth-order valence-corrected chi connectivity index (χ4v) is 2.60. The van der Waals surface area contributed by atoms with Gasteiger partial charge in [0.15, 0.2) is 5.76 Å². The number of nitrogen functional groups attached to an aromatic ring is 1. The van der Waals surface area contributed by atoms with Gasteiger partial charge in [0.25, 0.3) is 5.91 Å². The van der Waals surface area contributed by atoms with Crippen LogP contribution in [0.5, 0.6) is 0 Å². The lowest BCUT2D eigenvalue weighted by Crippen LogP contribution is -2.13. The Labute approximate surface area is 138 Å². The van der Waals surface area contributed by atoms with Gasteiger partial charge in [-0.3, -0.25) is 4.79 Å². The monoisotopic (exact) mass is 372 g/mol. The zero-order valence-corrected chi connectivity index (χ0v) is 14.5. The molecule has 6 heteroatoms. The predicted molar refractivity (Wildman–Crippen MR) is 91.3 cm³/mol. The van der Waals surface area contributed by atoms with Gasteiger partial charge >= 0.3 is 0 Å². The molecule has 3 N–H and O–H groups in total. The number of amides is 1. The minimum absolute atomic E-state index is 0. The molecule has 2 aromatic rings. The summed E-state index contributed by atoms with van der Waals surface area (Å²) < 4.78 is 6.40. The van der Waals surface area contributed by atoms with Gasteiger partial charge in [-0.1, -0.05) is 22.9 Å². The molecule has 0 aliphatic heterocycles. The van der Waals surface area contributed by atoms with E-state index in [-0.39, 0.29) is 18.3 Å². The maximum Gasteiger partial charge on any atom is 0.291 e. The van der Waals surface area contributed by atoms with Crippen molar-refractivity contribution in [1.82, 2.24) is 0 Å². The molecule has 2 rings (SSSR count). The van der Waals surface area contributed by atoms with E-state index in [1.165, 1.54) is 0 Å². The number of benzene rings is 1. The minimum atomic E-state index is -0.294. The molecule has 114 valence electrons. The first-order valence-electron chi connectivity index (χ1n) is 6.38. The zero-order valence-electron chi connectivity index (χ0n) is 12.1. The summed E-state index contributed by atoms with van der Waals surface area (Å²) in [6, 6.07) is 5.42. The van der Waals surface area contributed by atoms with Gasteiger partial charge < -0.3 is 15.5 Å². The van der Waals surface area contributed by atoms with Crippen molar-refractivity contribution in [3.8, 4) is 0 Å². The predicted octanol–water partition coefficient (Wildman–Crippen LogP) is 4.48. The molecule has 0 saturated carbocycles. The van der Waals surface area contributed by atoms with Gasteiger partial charge in [0, 0.05) is 10.9 Å². The highest BCUT2D eigenvalue weighted by molar-refractivity contribution is 9.10. The highest BCUT2D eigenvalue weighted by atomic mass is 79.9. The van der Waals surface area contributed by atoms with Crippen LogP contribution in [0.2, 0.25) is 0 Å². The molecule has 1 heterocycles. The van der Waals surface area contributed by atoms with Crippen molar-refractivity contribution in [2.75, 3.05) is 11.1 Å². The van der Waals surface area contributed by atoms with Gasteiger partial charge in [-0.25, -0.2) is 0 Å². The van der Waals surface area contributed by atoms with E-state index >= 15 is 0 Å². The second kappa shape index (κ2) is 7.00. The fraction of sp³-hybridized carbons (Fsp3) is 0.267. The molecule has 1 amide bonds. The molecule has 0 bridgehead atoms. The lowest BCUT2D eigenvalue weighted by atomic mass is 10.1. The highest BCUT2D eigenvalue weighted by Gasteiger charge is 2.15. The lowest BCUT2D eigenvalue weighted by molar-refractivity contribution is 0.0995. The molecule has 0 saturated heterocycles. The summed E-state index contributed by atoms with van der Waals surface area (Å²) >= 11 is 3.39. The summed E-state index contributed by atoms with van der Waals surface area (Å²) in [5, 5.41) is 2.79. The topological polar surface area (TPSA) is 68.3 Å². The van der Waals surface area contributed by atoms with Crippen LogP contribution in [0.3, 0.4) is 0 Å². The van der Waals surface area contributed by atoms with E-state index in [4.69, 9.17) is 10.2 Å². The average Bonchev–Trinajstić information content (AvgIpc) is 2.76. The Morgan fingerprint density at radius 3 is 2.52 bits per heavy atom. The summed E-state index contributed by atoms with van der Waals surface area (Å²) in [7, 11) is 0. The van der Waals surface area contributed by atoms with E-state index < -0.39 is 0 Å². The molecule has 1 aromatic carbocycles. The van der Waals surface area contributed by atoms with Gasteiger partial charge in [-0.05, 0) is 43.2 Å². The quantitative estimate of drug-likeness (QED) is 0.780. The molecular weight excluding hydrogens is 356 g/mol. The van der Waals surface area contributed by atoms with Crippen molar-refractivity contribution in [2.45, 2.75) is 27.2 Å². The first kappa shape index (κ1) is 17.6. The van der Waals surface area contributed by atoms with Gasteiger partial charge in [0.05, 0.1) is 11.4 Å². The maximum absolute atomic E-state index is 12.2. The first-order valence-corrected chi connectivity index (χ1v) is 7.18. The number of rotatable bonds is 3. The fourth-order valence-electron chi connectivity index (χ4n) is 2.02. The number of halogens is 2. The first-order chi connectivity index (χ1) is 9.42. The Hall–Kier alpha value is -1.46. The molecule has 1 aromatic heterocycles. The van der Waals surface area contributed by atoms with Crippen LogP contribution in [0.1, 0.15) is 34.4 Å². The van der Waals surface area contributed by atoms with E-state index in [1.807, 2.05) is 26.8 Å². The Morgan fingerprint density at radius 1 is 1.29 bits per heavy atom. The van der Waals surface area contributed by atoms with Crippen LogP contribution in [-0.4, -0.2) is 5.91 Å². The average molecular weight is 374 g/mol. The van der Waals surface area contributed by atoms with Gasteiger partial charge in [0.2, 0.25) is 0 Å². The summed E-state index contributed by atoms with van der Waals surface area (Å²) in [5.74, 6) is 0.835.